The third-order valence-corrected chi connectivity index (χ3v) is 6.01. The maximum absolute atomic E-state index is 13.7. The van der Waals surface area contributed by atoms with Crippen LogP contribution in [0.25, 0.3) is 28.3 Å². The minimum atomic E-state index is -4.66. The summed E-state index contributed by atoms with van der Waals surface area (Å²) in [6.45, 7) is 3.31. The molecule has 0 aliphatic rings. The highest BCUT2D eigenvalue weighted by atomic mass is 19.4. The number of rotatable bonds is 5. The van der Waals surface area contributed by atoms with Crippen LogP contribution in [0, 0.1) is 0 Å². The number of fused-ring (bicyclic) bond motifs is 1. The molecule has 0 saturated heterocycles. The van der Waals surface area contributed by atoms with Gasteiger partial charge in [0.25, 0.3) is 5.91 Å². The molecule has 2 N–H and O–H groups in total. The predicted octanol–water partition coefficient (Wildman–Crippen LogP) is 5.96. The molecule has 10 heteroatoms. The van der Waals surface area contributed by atoms with Gasteiger partial charge in [-0.2, -0.15) is 13.2 Å². The normalized spacial score (nSPS) is 12.1. The minimum Gasteiger partial charge on any atom is -0.386 e. The molecule has 0 radical (unpaired) electrons. The number of hydrogen-bond donors (Lipinski definition) is 2. The Balaban J connectivity index is 1.61. The van der Waals surface area contributed by atoms with Crippen LogP contribution in [0.5, 0.6) is 0 Å². The lowest BCUT2D eigenvalue weighted by molar-refractivity contribution is -0.137. The number of halogens is 3. The van der Waals surface area contributed by atoms with Crippen molar-refractivity contribution in [3.05, 3.63) is 102 Å². The minimum absolute atomic E-state index is 0.0115. The van der Waals surface area contributed by atoms with Crippen molar-refractivity contribution in [2.75, 3.05) is 5.32 Å². The Morgan fingerprint density at radius 1 is 0.947 bits per heavy atom. The second-order valence-electron chi connectivity index (χ2n) is 9.16. The fourth-order valence-electron chi connectivity index (χ4n) is 4.08. The highest BCUT2D eigenvalue weighted by molar-refractivity contribution is 6.06. The number of imidazole rings is 1. The zero-order valence-electron chi connectivity index (χ0n) is 20.4. The van der Waals surface area contributed by atoms with Gasteiger partial charge in [0.05, 0.1) is 11.2 Å². The average molecular weight is 518 g/mol. The topological polar surface area (TPSA) is 92.4 Å². The Hall–Kier alpha value is -4.57. The van der Waals surface area contributed by atoms with E-state index in [2.05, 4.69) is 20.3 Å². The van der Waals surface area contributed by atoms with Crippen molar-refractivity contribution < 1.29 is 23.1 Å². The van der Waals surface area contributed by atoms with Crippen molar-refractivity contribution in [2.24, 2.45) is 0 Å². The summed E-state index contributed by atoms with van der Waals surface area (Å²) in [6.07, 6.45) is -0.318. The van der Waals surface area contributed by atoms with Crippen molar-refractivity contribution in [3.8, 4) is 22.6 Å². The average Bonchev–Trinajstić information content (AvgIpc) is 3.26. The van der Waals surface area contributed by atoms with Gasteiger partial charge >= 0.3 is 6.18 Å². The van der Waals surface area contributed by atoms with Crippen LogP contribution >= 0.6 is 0 Å². The first-order chi connectivity index (χ1) is 18.0. The van der Waals surface area contributed by atoms with Crippen LogP contribution in [0.2, 0.25) is 0 Å². The van der Waals surface area contributed by atoms with Crippen LogP contribution in [-0.2, 0) is 11.8 Å². The molecule has 5 aromatic rings. The fourth-order valence-corrected chi connectivity index (χ4v) is 4.08. The number of pyridine rings is 1. The second kappa shape index (κ2) is 9.38. The van der Waals surface area contributed by atoms with Gasteiger partial charge in [0.2, 0.25) is 0 Å². The zero-order valence-corrected chi connectivity index (χ0v) is 20.4. The van der Waals surface area contributed by atoms with Gasteiger partial charge in [-0.25, -0.2) is 15.0 Å². The summed E-state index contributed by atoms with van der Waals surface area (Å²) in [6, 6.07) is 17.2. The first kappa shape index (κ1) is 25.1. The summed E-state index contributed by atoms with van der Waals surface area (Å²) in [5.74, 6) is -0.453. The number of aliphatic hydroxyl groups is 1. The van der Waals surface area contributed by atoms with Crippen LogP contribution in [0.1, 0.15) is 35.3 Å². The molecule has 192 valence electrons. The maximum atomic E-state index is 13.7. The lowest BCUT2D eigenvalue weighted by Gasteiger charge is -2.17. The van der Waals surface area contributed by atoms with Gasteiger partial charge < -0.3 is 10.4 Å². The molecule has 0 fully saturated rings. The molecule has 0 atom stereocenters. The van der Waals surface area contributed by atoms with E-state index in [0.29, 0.717) is 22.7 Å². The van der Waals surface area contributed by atoms with Gasteiger partial charge in [-0.1, -0.05) is 30.3 Å². The molecule has 5 rings (SSSR count). The largest absolute Gasteiger partial charge is 0.417 e. The highest BCUT2D eigenvalue weighted by Crippen LogP contribution is 2.37. The van der Waals surface area contributed by atoms with Gasteiger partial charge in [0, 0.05) is 35.3 Å². The van der Waals surface area contributed by atoms with Gasteiger partial charge in [-0.3, -0.25) is 9.20 Å². The van der Waals surface area contributed by atoms with Crippen molar-refractivity contribution in [2.45, 2.75) is 25.6 Å². The molecule has 3 heterocycles. The number of carbonyl (C=O) groups excluding carboxylic acids is 1. The predicted molar refractivity (Wildman–Crippen MR) is 136 cm³/mol. The Kier molecular flexibility index (Phi) is 6.20. The van der Waals surface area contributed by atoms with E-state index in [1.165, 1.54) is 18.5 Å². The number of alkyl halides is 3. The molecule has 0 spiro atoms. The summed E-state index contributed by atoms with van der Waals surface area (Å²) in [7, 11) is 0. The van der Waals surface area contributed by atoms with Gasteiger partial charge in [0.15, 0.2) is 5.82 Å². The number of nitrogens with zero attached hydrogens (tertiary/aromatic N) is 4. The summed E-state index contributed by atoms with van der Waals surface area (Å²) >= 11 is 0. The SMILES string of the molecule is CC(C)(O)c1ccn2c(NC(=O)c3ccc(C(F)(F)F)c(-c4ncccn4)c3)c(-c3ccccc3)nc2c1. The standard InChI is InChI=1S/C28H22F3N5O2/c1-27(2,38)19-11-14-36-22(16-19)34-23(17-7-4-3-5-8-17)25(36)35-26(37)18-9-10-21(28(29,30)31)20(15-18)24-32-12-6-13-33-24/h3-16,38H,1-2H3,(H,35,37). The van der Waals surface area contributed by atoms with E-state index >= 15 is 0 Å². The summed E-state index contributed by atoms with van der Waals surface area (Å²) < 4.78 is 42.8. The fraction of sp³-hybridized carbons (Fsp3) is 0.143. The molecule has 0 saturated carbocycles. The van der Waals surface area contributed by atoms with Gasteiger partial charge in [-0.15, -0.1) is 0 Å². The molecule has 0 aliphatic carbocycles. The second-order valence-corrected chi connectivity index (χ2v) is 9.16. The van der Waals surface area contributed by atoms with Crippen molar-refractivity contribution in [1.29, 1.82) is 0 Å². The van der Waals surface area contributed by atoms with Crippen LogP contribution in [-0.4, -0.2) is 30.4 Å². The lowest BCUT2D eigenvalue weighted by atomic mass is 10.00. The van der Waals surface area contributed by atoms with Crippen molar-refractivity contribution in [1.82, 2.24) is 19.4 Å². The van der Waals surface area contributed by atoms with E-state index in [1.807, 2.05) is 30.3 Å². The van der Waals surface area contributed by atoms with Crippen LogP contribution < -0.4 is 5.32 Å². The lowest BCUT2D eigenvalue weighted by Crippen LogP contribution is -2.17. The molecule has 7 nitrogen and oxygen atoms in total. The highest BCUT2D eigenvalue weighted by Gasteiger charge is 2.35. The van der Waals surface area contributed by atoms with E-state index in [1.54, 1.807) is 36.6 Å². The first-order valence-corrected chi connectivity index (χ1v) is 11.6. The Morgan fingerprint density at radius 2 is 1.66 bits per heavy atom. The van der Waals surface area contributed by atoms with Gasteiger partial charge in [-0.05, 0) is 55.8 Å². The summed E-state index contributed by atoms with van der Waals surface area (Å²) in [5.41, 5.74) is -0.0800. The third kappa shape index (κ3) is 4.85. The molecule has 38 heavy (non-hydrogen) atoms. The number of anilines is 1. The number of benzene rings is 2. The van der Waals surface area contributed by atoms with Crippen molar-refractivity contribution in [3.63, 3.8) is 0 Å². The molecule has 0 aliphatic heterocycles. The zero-order chi connectivity index (χ0) is 27.1. The molecule has 1 amide bonds. The quantitative estimate of drug-likeness (QED) is 0.300. The Labute approximate surface area is 215 Å². The Morgan fingerprint density at radius 3 is 2.32 bits per heavy atom. The van der Waals surface area contributed by atoms with E-state index in [-0.39, 0.29) is 17.0 Å². The molecule has 2 aromatic carbocycles. The number of amides is 1. The smallest absolute Gasteiger partial charge is 0.386 e. The first-order valence-electron chi connectivity index (χ1n) is 11.6. The molecular weight excluding hydrogens is 495 g/mol. The number of hydrogen-bond acceptors (Lipinski definition) is 5. The summed E-state index contributed by atoms with van der Waals surface area (Å²) in [5, 5.41) is 13.3. The molecule has 3 aromatic heterocycles. The number of aromatic nitrogens is 4. The maximum Gasteiger partial charge on any atom is 0.417 e. The summed E-state index contributed by atoms with van der Waals surface area (Å²) in [4.78, 5) is 26.0. The number of carbonyl (C=O) groups is 1. The van der Waals surface area contributed by atoms with Crippen LogP contribution in [0.4, 0.5) is 19.0 Å². The van der Waals surface area contributed by atoms with E-state index in [9.17, 15) is 23.1 Å². The van der Waals surface area contributed by atoms with Crippen molar-refractivity contribution >= 4 is 17.4 Å². The van der Waals surface area contributed by atoms with Crippen LogP contribution in [0.3, 0.4) is 0 Å². The number of nitrogens with one attached hydrogen (secondary N) is 1. The van der Waals surface area contributed by atoms with Crippen LogP contribution in [0.15, 0.2) is 85.3 Å². The third-order valence-electron chi connectivity index (χ3n) is 6.01. The van der Waals surface area contributed by atoms with E-state index in [0.717, 1.165) is 23.8 Å². The molecule has 0 unspecified atom stereocenters. The van der Waals surface area contributed by atoms with E-state index < -0.39 is 23.2 Å². The van der Waals surface area contributed by atoms with Gasteiger partial charge in [0.1, 0.15) is 17.2 Å². The molecular formula is C28H22F3N5O2. The monoisotopic (exact) mass is 517 g/mol. The Bertz CT molecular complexity index is 1630. The van der Waals surface area contributed by atoms with E-state index in [4.69, 9.17) is 0 Å². The molecule has 0 bridgehead atoms.